The van der Waals surface area contributed by atoms with E-state index < -0.39 is 33.1 Å². The molecule has 1 amide bonds. The molecule has 0 spiro atoms. The fraction of sp³-hybridized carbons (Fsp3) is 0.526. The number of carbonyl (C=O) groups excluding carboxylic acids is 1. The molecule has 0 bridgehead atoms. The lowest BCUT2D eigenvalue weighted by Crippen LogP contribution is -2.50. The van der Waals surface area contributed by atoms with Gasteiger partial charge in [0.15, 0.2) is 11.0 Å². The number of piperidine rings is 1. The summed E-state index contributed by atoms with van der Waals surface area (Å²) in [6.07, 6.45) is 0.962. The lowest BCUT2D eigenvalue weighted by Gasteiger charge is -2.38. The predicted octanol–water partition coefficient (Wildman–Crippen LogP) is 3.39. The van der Waals surface area contributed by atoms with Gasteiger partial charge in [0.1, 0.15) is 17.1 Å². The second kappa shape index (κ2) is 8.36. The van der Waals surface area contributed by atoms with Crippen LogP contribution in [0.1, 0.15) is 46.2 Å². The van der Waals surface area contributed by atoms with Gasteiger partial charge in [-0.3, -0.25) is 0 Å². The highest BCUT2D eigenvalue weighted by Crippen LogP contribution is 2.39. The van der Waals surface area contributed by atoms with Crippen molar-refractivity contribution in [3.8, 4) is 11.5 Å². The summed E-state index contributed by atoms with van der Waals surface area (Å²) in [4.78, 5) is 23.3. The molecule has 12 heteroatoms. The average molecular weight is 474 g/mol. The normalized spacial score (nSPS) is 17.4. The number of nitrogens with zero attached hydrogens (tertiary/aromatic N) is 3. The monoisotopic (exact) mass is 473 g/mol. The molecule has 31 heavy (non-hydrogen) atoms. The molecule has 170 valence electrons. The maximum atomic E-state index is 13.1. The van der Waals surface area contributed by atoms with Gasteiger partial charge in [-0.2, -0.15) is 12.7 Å². The average Bonchev–Trinajstić information content (AvgIpc) is 3.03. The topological polar surface area (TPSA) is 117 Å². The van der Waals surface area contributed by atoms with Crippen LogP contribution in [0.15, 0.2) is 18.3 Å². The molecule has 2 N–H and O–H groups in total. The summed E-state index contributed by atoms with van der Waals surface area (Å²) in [5.74, 6) is -0.0509. The number of carbonyl (C=O) groups is 1. The number of nitrogens with one attached hydrogen (secondary N) is 2. The zero-order valence-corrected chi connectivity index (χ0v) is 19.3. The van der Waals surface area contributed by atoms with Crippen molar-refractivity contribution in [1.29, 1.82) is 0 Å². The van der Waals surface area contributed by atoms with Gasteiger partial charge < -0.3 is 9.72 Å². The van der Waals surface area contributed by atoms with Crippen molar-refractivity contribution in [2.45, 2.75) is 51.6 Å². The van der Waals surface area contributed by atoms with E-state index in [4.69, 9.17) is 16.3 Å². The third-order valence-electron chi connectivity index (χ3n) is 5.01. The lowest BCUT2D eigenvalue weighted by atomic mass is 9.78. The molecule has 2 aromatic rings. The van der Waals surface area contributed by atoms with Crippen LogP contribution in [0.3, 0.4) is 0 Å². The third kappa shape index (κ3) is 5.52. The van der Waals surface area contributed by atoms with Crippen molar-refractivity contribution in [3.05, 3.63) is 35.0 Å². The van der Waals surface area contributed by atoms with Crippen LogP contribution in [0.2, 0.25) is 5.15 Å². The van der Waals surface area contributed by atoms with Crippen LogP contribution in [0.4, 0.5) is 9.18 Å². The second-order valence-corrected chi connectivity index (χ2v) is 10.7. The summed E-state index contributed by atoms with van der Waals surface area (Å²) in [6, 6.07) is 2.77. The fourth-order valence-electron chi connectivity index (χ4n) is 3.33. The van der Waals surface area contributed by atoms with Gasteiger partial charge in [0, 0.05) is 18.5 Å². The van der Waals surface area contributed by atoms with E-state index in [9.17, 15) is 17.6 Å². The van der Waals surface area contributed by atoms with Crippen molar-refractivity contribution < 1.29 is 22.3 Å². The van der Waals surface area contributed by atoms with Crippen LogP contribution in [-0.2, 0) is 20.4 Å². The van der Waals surface area contributed by atoms with E-state index in [1.807, 2.05) is 11.6 Å². The van der Waals surface area contributed by atoms with E-state index in [1.54, 1.807) is 20.8 Å². The molecule has 9 nitrogen and oxygen atoms in total. The minimum atomic E-state index is -4.03. The maximum absolute atomic E-state index is 13.1. The maximum Gasteiger partial charge on any atom is 0.422 e. The van der Waals surface area contributed by atoms with Crippen LogP contribution in [-0.4, -0.2) is 52.5 Å². The molecule has 2 aromatic heterocycles. The summed E-state index contributed by atoms with van der Waals surface area (Å²) in [7, 11) is -4.03. The Morgan fingerprint density at radius 1 is 1.32 bits per heavy atom. The molecule has 1 saturated heterocycles. The highest BCUT2D eigenvalue weighted by molar-refractivity contribution is 7.87. The van der Waals surface area contributed by atoms with E-state index in [1.165, 1.54) is 16.4 Å². The van der Waals surface area contributed by atoms with E-state index >= 15 is 0 Å². The minimum absolute atomic E-state index is 0.175. The van der Waals surface area contributed by atoms with Gasteiger partial charge in [0.2, 0.25) is 0 Å². The Kier molecular flexibility index (Phi) is 6.32. The summed E-state index contributed by atoms with van der Waals surface area (Å²) in [6.45, 7) is 7.25. The van der Waals surface area contributed by atoms with Gasteiger partial charge in [-0.25, -0.2) is 23.9 Å². The van der Waals surface area contributed by atoms with E-state index in [0.717, 1.165) is 6.20 Å². The summed E-state index contributed by atoms with van der Waals surface area (Å²) in [5.41, 5.74) is -0.179. The van der Waals surface area contributed by atoms with Gasteiger partial charge in [-0.05, 0) is 45.7 Å². The molecule has 3 rings (SSSR count). The zero-order chi connectivity index (χ0) is 23.0. The zero-order valence-electron chi connectivity index (χ0n) is 17.7. The molecule has 0 aromatic carbocycles. The molecule has 0 aliphatic carbocycles. The van der Waals surface area contributed by atoms with E-state index in [0.29, 0.717) is 30.1 Å². The number of ether oxygens (including phenoxy) is 1. The highest BCUT2D eigenvalue weighted by Gasteiger charge is 2.39. The minimum Gasteiger partial charge on any atom is -0.443 e. The summed E-state index contributed by atoms with van der Waals surface area (Å²) >= 11 is 6.36. The summed E-state index contributed by atoms with van der Waals surface area (Å²) < 4.78 is 46.4. The first-order valence-corrected chi connectivity index (χ1v) is 11.5. The molecule has 3 heterocycles. The summed E-state index contributed by atoms with van der Waals surface area (Å²) in [5, 5.41) is 0.256. The molecule has 1 aliphatic heterocycles. The fourth-order valence-corrected chi connectivity index (χ4v) is 4.73. The number of aromatic amines is 1. The first-order valence-electron chi connectivity index (χ1n) is 9.68. The molecule has 0 radical (unpaired) electrons. The first-order chi connectivity index (χ1) is 14.3. The predicted molar refractivity (Wildman–Crippen MR) is 113 cm³/mol. The van der Waals surface area contributed by atoms with Crippen LogP contribution in [0, 0.1) is 5.82 Å². The molecule has 0 saturated carbocycles. The van der Waals surface area contributed by atoms with Crippen molar-refractivity contribution in [2.24, 2.45) is 0 Å². The number of imidazole rings is 1. The molecule has 0 atom stereocenters. The molecular formula is C19H25ClFN5O4S. The molecular weight excluding hydrogens is 449 g/mol. The number of aromatic nitrogens is 3. The smallest absolute Gasteiger partial charge is 0.422 e. The Bertz CT molecular complexity index is 1060. The van der Waals surface area contributed by atoms with Crippen LogP contribution in [0.5, 0.6) is 0 Å². The SMILES string of the molecule is CC(C)(C)OC(=O)NS(=O)(=O)N1CCC(C)(c2[nH]c(-c3ccc(F)cn3)nc2Cl)CC1. The number of halogens is 2. The van der Waals surface area contributed by atoms with E-state index in [-0.39, 0.29) is 18.2 Å². The highest BCUT2D eigenvalue weighted by atomic mass is 35.5. The number of hydrogen-bond donors (Lipinski definition) is 2. The third-order valence-corrected chi connectivity index (χ3v) is 6.75. The number of H-pyrrole nitrogens is 1. The Morgan fingerprint density at radius 2 is 1.97 bits per heavy atom. The molecule has 0 unspecified atom stereocenters. The van der Waals surface area contributed by atoms with Crippen LogP contribution < -0.4 is 4.72 Å². The second-order valence-electron chi connectivity index (χ2n) is 8.68. The Labute approximate surface area is 185 Å². The number of pyridine rings is 1. The van der Waals surface area contributed by atoms with Crippen molar-refractivity contribution in [3.63, 3.8) is 0 Å². The molecule has 1 fully saturated rings. The van der Waals surface area contributed by atoms with Gasteiger partial charge in [-0.1, -0.05) is 18.5 Å². The standard InChI is InChI=1S/C19H25ClFN5O4S/c1-18(2,3)30-17(27)25-31(28,29)26-9-7-19(4,8-10-26)14-15(20)24-16(23-14)13-6-5-12(21)11-22-13/h5-6,11H,7-10H2,1-4H3,(H,23,24)(H,25,27). The number of hydrogen-bond acceptors (Lipinski definition) is 6. The number of rotatable bonds is 4. The van der Waals surface area contributed by atoms with Gasteiger partial charge in [-0.15, -0.1) is 0 Å². The van der Waals surface area contributed by atoms with Crippen LogP contribution in [0.25, 0.3) is 11.5 Å². The number of amides is 1. The Balaban J connectivity index is 1.71. The Morgan fingerprint density at radius 3 is 2.52 bits per heavy atom. The van der Waals surface area contributed by atoms with Crippen LogP contribution >= 0.6 is 11.6 Å². The van der Waals surface area contributed by atoms with E-state index in [2.05, 4.69) is 15.0 Å². The van der Waals surface area contributed by atoms with Crippen molar-refractivity contribution in [2.75, 3.05) is 13.1 Å². The van der Waals surface area contributed by atoms with Crippen molar-refractivity contribution >= 4 is 27.9 Å². The Hall–Kier alpha value is -2.24. The largest absolute Gasteiger partial charge is 0.443 e. The lowest BCUT2D eigenvalue weighted by molar-refractivity contribution is 0.0566. The molecule has 1 aliphatic rings. The quantitative estimate of drug-likeness (QED) is 0.702. The van der Waals surface area contributed by atoms with Gasteiger partial charge in [0.25, 0.3) is 0 Å². The van der Waals surface area contributed by atoms with Crippen molar-refractivity contribution in [1.82, 2.24) is 24.0 Å². The first kappa shape index (κ1) is 23.4. The van der Waals surface area contributed by atoms with Gasteiger partial charge in [0.05, 0.1) is 11.9 Å². The van der Waals surface area contributed by atoms with Gasteiger partial charge >= 0.3 is 16.3 Å².